The van der Waals surface area contributed by atoms with E-state index in [1.807, 2.05) is 16.8 Å². The van der Waals surface area contributed by atoms with Crippen molar-refractivity contribution < 1.29 is 14.4 Å². The highest BCUT2D eigenvalue weighted by atomic mass is 32.1. The van der Waals surface area contributed by atoms with E-state index in [0.29, 0.717) is 13.1 Å². The van der Waals surface area contributed by atoms with Crippen molar-refractivity contribution in [2.75, 3.05) is 6.54 Å². The minimum Gasteiger partial charge on any atom is -0.335 e. The summed E-state index contributed by atoms with van der Waals surface area (Å²) in [7, 11) is 0. The Labute approximate surface area is 120 Å². The maximum absolute atomic E-state index is 12.2. The summed E-state index contributed by atoms with van der Waals surface area (Å²) >= 11 is 1.56. The van der Waals surface area contributed by atoms with Crippen molar-refractivity contribution >= 4 is 29.2 Å². The standard InChI is InChI=1S/C13H15N3O3S/c1-2-4-16(7-9-3-5-20-8-9)11(17)6-10-12(18)15-13(19)14-10/h2-3,5,8,10H,1,4,6-7H2,(H2,14,15,18,19). The molecule has 2 heterocycles. The van der Waals surface area contributed by atoms with Crippen LogP contribution in [0.1, 0.15) is 12.0 Å². The fourth-order valence-electron chi connectivity index (χ4n) is 1.92. The molecule has 20 heavy (non-hydrogen) atoms. The molecule has 2 N–H and O–H groups in total. The van der Waals surface area contributed by atoms with Crippen molar-refractivity contribution in [1.29, 1.82) is 0 Å². The van der Waals surface area contributed by atoms with E-state index in [0.717, 1.165) is 5.56 Å². The van der Waals surface area contributed by atoms with Crippen molar-refractivity contribution in [3.05, 3.63) is 35.0 Å². The first kappa shape index (κ1) is 14.3. The predicted molar refractivity (Wildman–Crippen MR) is 75.0 cm³/mol. The highest BCUT2D eigenvalue weighted by Gasteiger charge is 2.32. The van der Waals surface area contributed by atoms with Crippen LogP contribution in [0.15, 0.2) is 29.5 Å². The number of imide groups is 1. The van der Waals surface area contributed by atoms with Crippen molar-refractivity contribution in [2.24, 2.45) is 0 Å². The molecule has 1 saturated heterocycles. The molecule has 1 aromatic rings. The van der Waals surface area contributed by atoms with E-state index in [1.165, 1.54) is 0 Å². The monoisotopic (exact) mass is 293 g/mol. The third-order valence-electron chi connectivity index (χ3n) is 2.89. The second kappa shape index (κ2) is 6.33. The normalized spacial score (nSPS) is 17.5. The van der Waals surface area contributed by atoms with Gasteiger partial charge in [-0.15, -0.1) is 6.58 Å². The lowest BCUT2D eigenvalue weighted by Gasteiger charge is -2.21. The number of carbonyl (C=O) groups is 3. The molecule has 0 radical (unpaired) electrons. The van der Waals surface area contributed by atoms with E-state index in [2.05, 4.69) is 17.2 Å². The fraction of sp³-hybridized carbons (Fsp3) is 0.308. The molecule has 1 unspecified atom stereocenters. The lowest BCUT2D eigenvalue weighted by Crippen LogP contribution is -2.38. The number of nitrogens with zero attached hydrogens (tertiary/aromatic N) is 1. The quantitative estimate of drug-likeness (QED) is 0.603. The summed E-state index contributed by atoms with van der Waals surface area (Å²) < 4.78 is 0. The Kier molecular flexibility index (Phi) is 4.52. The summed E-state index contributed by atoms with van der Waals surface area (Å²) in [4.78, 5) is 36.3. The van der Waals surface area contributed by atoms with Crippen molar-refractivity contribution in [2.45, 2.75) is 19.0 Å². The third-order valence-corrected chi connectivity index (χ3v) is 3.63. The van der Waals surface area contributed by atoms with Crippen LogP contribution in [-0.4, -0.2) is 35.3 Å². The second-order valence-electron chi connectivity index (χ2n) is 4.41. The molecular weight excluding hydrogens is 278 g/mol. The first-order chi connectivity index (χ1) is 9.60. The molecule has 4 amide bonds. The van der Waals surface area contributed by atoms with Crippen LogP contribution in [-0.2, 0) is 16.1 Å². The van der Waals surface area contributed by atoms with Gasteiger partial charge >= 0.3 is 6.03 Å². The lowest BCUT2D eigenvalue weighted by molar-refractivity contribution is -0.134. The molecular formula is C13H15N3O3S. The molecule has 1 fully saturated rings. The summed E-state index contributed by atoms with van der Waals surface area (Å²) in [5.41, 5.74) is 1.03. The van der Waals surface area contributed by atoms with E-state index in [1.54, 1.807) is 22.3 Å². The Morgan fingerprint density at radius 3 is 2.85 bits per heavy atom. The van der Waals surface area contributed by atoms with Crippen molar-refractivity contribution in [3.63, 3.8) is 0 Å². The Bertz CT molecular complexity index is 527. The number of urea groups is 1. The number of thiophene rings is 1. The third kappa shape index (κ3) is 3.45. The molecule has 0 aromatic carbocycles. The van der Waals surface area contributed by atoms with Gasteiger partial charge < -0.3 is 10.2 Å². The largest absolute Gasteiger partial charge is 0.335 e. The zero-order valence-electron chi connectivity index (χ0n) is 10.8. The van der Waals surface area contributed by atoms with E-state index < -0.39 is 18.0 Å². The summed E-state index contributed by atoms with van der Waals surface area (Å²) in [6.07, 6.45) is 1.59. The zero-order valence-corrected chi connectivity index (χ0v) is 11.6. The highest BCUT2D eigenvalue weighted by Crippen LogP contribution is 2.12. The Balaban J connectivity index is 1.98. The van der Waals surface area contributed by atoms with Crippen LogP contribution in [0.4, 0.5) is 4.79 Å². The number of nitrogens with one attached hydrogen (secondary N) is 2. The topological polar surface area (TPSA) is 78.5 Å². The molecule has 7 heteroatoms. The fourth-order valence-corrected chi connectivity index (χ4v) is 2.58. The Morgan fingerprint density at radius 2 is 2.30 bits per heavy atom. The molecule has 0 saturated carbocycles. The summed E-state index contributed by atoms with van der Waals surface area (Å²) in [6.45, 7) is 4.50. The molecule has 1 aliphatic heterocycles. The van der Waals surface area contributed by atoms with E-state index in [-0.39, 0.29) is 12.3 Å². The van der Waals surface area contributed by atoms with Crippen LogP contribution in [0.2, 0.25) is 0 Å². The first-order valence-electron chi connectivity index (χ1n) is 6.11. The van der Waals surface area contributed by atoms with Crippen LogP contribution >= 0.6 is 11.3 Å². The van der Waals surface area contributed by atoms with Crippen LogP contribution in [0.25, 0.3) is 0 Å². The number of rotatable bonds is 6. The number of carbonyl (C=O) groups excluding carboxylic acids is 3. The summed E-state index contributed by atoms with van der Waals surface area (Å²) in [5, 5.41) is 8.44. The van der Waals surface area contributed by atoms with Gasteiger partial charge in [0.05, 0.1) is 6.42 Å². The average molecular weight is 293 g/mol. The predicted octanol–water partition coefficient (Wildman–Crippen LogP) is 0.861. The van der Waals surface area contributed by atoms with Crippen LogP contribution in [0.5, 0.6) is 0 Å². The second-order valence-corrected chi connectivity index (χ2v) is 5.19. The minimum atomic E-state index is -0.787. The maximum atomic E-state index is 12.2. The number of hydrogen-bond donors (Lipinski definition) is 2. The van der Waals surface area contributed by atoms with Gasteiger partial charge in [-0.05, 0) is 22.4 Å². The number of amides is 4. The van der Waals surface area contributed by atoms with Gasteiger partial charge in [-0.3, -0.25) is 14.9 Å². The molecule has 106 valence electrons. The molecule has 0 aliphatic carbocycles. The average Bonchev–Trinajstić information content (AvgIpc) is 2.99. The van der Waals surface area contributed by atoms with Gasteiger partial charge in [-0.25, -0.2) is 4.79 Å². The Morgan fingerprint density at radius 1 is 1.50 bits per heavy atom. The van der Waals surface area contributed by atoms with E-state index in [4.69, 9.17) is 0 Å². The molecule has 0 bridgehead atoms. The van der Waals surface area contributed by atoms with Gasteiger partial charge in [0.1, 0.15) is 6.04 Å². The molecule has 1 aromatic heterocycles. The lowest BCUT2D eigenvalue weighted by atomic mass is 10.2. The SMILES string of the molecule is C=CCN(Cc1ccsc1)C(=O)CC1NC(=O)NC1=O. The molecule has 0 spiro atoms. The van der Waals surface area contributed by atoms with E-state index >= 15 is 0 Å². The first-order valence-corrected chi connectivity index (χ1v) is 7.05. The Hall–Kier alpha value is -2.15. The van der Waals surface area contributed by atoms with E-state index in [9.17, 15) is 14.4 Å². The van der Waals surface area contributed by atoms with Crippen LogP contribution in [0.3, 0.4) is 0 Å². The maximum Gasteiger partial charge on any atom is 0.322 e. The van der Waals surface area contributed by atoms with Gasteiger partial charge in [0, 0.05) is 13.1 Å². The molecule has 6 nitrogen and oxygen atoms in total. The highest BCUT2D eigenvalue weighted by molar-refractivity contribution is 7.07. The van der Waals surface area contributed by atoms with Gasteiger partial charge in [-0.2, -0.15) is 11.3 Å². The zero-order chi connectivity index (χ0) is 14.5. The van der Waals surface area contributed by atoms with Crippen LogP contribution in [0, 0.1) is 0 Å². The van der Waals surface area contributed by atoms with Gasteiger partial charge in [0.15, 0.2) is 0 Å². The molecule has 1 atom stereocenters. The van der Waals surface area contributed by atoms with Gasteiger partial charge in [-0.1, -0.05) is 6.08 Å². The van der Waals surface area contributed by atoms with Crippen molar-refractivity contribution in [1.82, 2.24) is 15.5 Å². The van der Waals surface area contributed by atoms with Gasteiger partial charge in [0.25, 0.3) is 5.91 Å². The van der Waals surface area contributed by atoms with Crippen molar-refractivity contribution in [3.8, 4) is 0 Å². The number of hydrogen-bond acceptors (Lipinski definition) is 4. The van der Waals surface area contributed by atoms with Crippen LogP contribution < -0.4 is 10.6 Å². The minimum absolute atomic E-state index is 0.0461. The summed E-state index contributed by atoms with van der Waals surface area (Å²) in [6, 6.07) is 0.601. The molecule has 2 rings (SSSR count). The summed E-state index contributed by atoms with van der Waals surface area (Å²) in [5.74, 6) is -0.657. The molecule has 1 aliphatic rings. The van der Waals surface area contributed by atoms with Gasteiger partial charge in [0.2, 0.25) is 5.91 Å². The smallest absolute Gasteiger partial charge is 0.322 e.